The van der Waals surface area contributed by atoms with Crippen molar-refractivity contribution < 1.29 is 9.32 Å². The van der Waals surface area contributed by atoms with Crippen LogP contribution < -0.4 is 5.56 Å². The Morgan fingerprint density at radius 1 is 1.24 bits per heavy atom. The number of aryl methyl sites for hydroxylation is 2. The maximum atomic E-state index is 12.7. The maximum absolute atomic E-state index is 12.7. The quantitative estimate of drug-likeness (QED) is 0.773. The predicted molar refractivity (Wildman–Crippen MR) is 90.0 cm³/mol. The SMILES string of the molecule is Cc1noc(-c2cnc(C)n(CCC(=O)N3CCN(C)CC3)c2=O)n1. The second-order valence-electron chi connectivity index (χ2n) is 6.26. The van der Waals surface area contributed by atoms with Crippen molar-refractivity contribution in [2.75, 3.05) is 33.2 Å². The smallest absolute Gasteiger partial charge is 0.266 e. The van der Waals surface area contributed by atoms with Gasteiger partial charge < -0.3 is 14.3 Å². The molecule has 0 radical (unpaired) electrons. The first-order valence-electron chi connectivity index (χ1n) is 8.29. The monoisotopic (exact) mass is 346 g/mol. The standard InChI is InChI=1S/C16H22N6O3/c1-11-18-15(25-19-11)13-10-17-12(2)22(16(13)24)5-4-14(23)21-8-6-20(3)7-9-21/h10H,4-9H2,1-3H3. The number of likely N-dealkylation sites (N-methyl/N-ethyl adjacent to an activating group) is 1. The molecule has 0 atom stereocenters. The summed E-state index contributed by atoms with van der Waals surface area (Å²) in [7, 11) is 2.04. The number of nitrogens with zero attached hydrogens (tertiary/aromatic N) is 6. The van der Waals surface area contributed by atoms with Crippen molar-refractivity contribution in [3.05, 3.63) is 28.2 Å². The van der Waals surface area contributed by atoms with Gasteiger partial charge in [0.05, 0.1) is 0 Å². The molecule has 1 fully saturated rings. The van der Waals surface area contributed by atoms with E-state index in [-0.39, 0.29) is 35.9 Å². The normalized spacial score (nSPS) is 15.6. The van der Waals surface area contributed by atoms with Crippen LogP contribution in [0.1, 0.15) is 18.1 Å². The van der Waals surface area contributed by atoms with Crippen LogP contribution in [0.15, 0.2) is 15.5 Å². The lowest BCUT2D eigenvalue weighted by Gasteiger charge is -2.32. The third kappa shape index (κ3) is 3.76. The number of carbonyl (C=O) groups is 1. The molecule has 0 spiro atoms. The fraction of sp³-hybridized carbons (Fsp3) is 0.562. The summed E-state index contributed by atoms with van der Waals surface area (Å²) in [6.07, 6.45) is 1.70. The van der Waals surface area contributed by atoms with Crippen LogP contribution in [0, 0.1) is 13.8 Å². The lowest BCUT2D eigenvalue weighted by Crippen LogP contribution is -2.47. The van der Waals surface area contributed by atoms with Gasteiger partial charge in [-0.25, -0.2) is 4.98 Å². The maximum Gasteiger partial charge on any atom is 0.266 e. The van der Waals surface area contributed by atoms with Crippen LogP contribution in [-0.4, -0.2) is 68.6 Å². The lowest BCUT2D eigenvalue weighted by atomic mass is 10.2. The minimum absolute atomic E-state index is 0.0541. The summed E-state index contributed by atoms with van der Waals surface area (Å²) >= 11 is 0. The highest BCUT2D eigenvalue weighted by Gasteiger charge is 2.20. The van der Waals surface area contributed by atoms with Gasteiger partial charge in [-0.15, -0.1) is 0 Å². The number of hydrogen-bond donors (Lipinski definition) is 0. The second kappa shape index (κ2) is 7.14. The van der Waals surface area contributed by atoms with Crippen molar-refractivity contribution in [1.82, 2.24) is 29.5 Å². The van der Waals surface area contributed by atoms with Gasteiger partial charge in [-0.1, -0.05) is 5.16 Å². The minimum Gasteiger partial charge on any atom is -0.340 e. The van der Waals surface area contributed by atoms with Crippen molar-refractivity contribution in [2.24, 2.45) is 0 Å². The van der Waals surface area contributed by atoms with Crippen molar-refractivity contribution in [2.45, 2.75) is 26.8 Å². The first-order chi connectivity index (χ1) is 12.0. The molecule has 0 bridgehead atoms. The van der Waals surface area contributed by atoms with E-state index in [4.69, 9.17) is 4.52 Å². The Hall–Kier alpha value is -2.55. The molecule has 0 aliphatic carbocycles. The average Bonchev–Trinajstić information content (AvgIpc) is 3.01. The summed E-state index contributed by atoms with van der Waals surface area (Å²) in [5.74, 6) is 1.20. The molecule has 0 N–H and O–H groups in total. The van der Waals surface area contributed by atoms with Crippen LogP contribution in [0.2, 0.25) is 0 Å². The van der Waals surface area contributed by atoms with Crippen LogP contribution in [0.5, 0.6) is 0 Å². The van der Waals surface area contributed by atoms with Crippen molar-refractivity contribution in [3.8, 4) is 11.5 Å². The molecule has 1 aliphatic heterocycles. The molecule has 25 heavy (non-hydrogen) atoms. The Morgan fingerprint density at radius 2 is 1.96 bits per heavy atom. The van der Waals surface area contributed by atoms with Crippen LogP contribution in [0.4, 0.5) is 0 Å². The van der Waals surface area contributed by atoms with Crippen molar-refractivity contribution in [1.29, 1.82) is 0 Å². The molecule has 134 valence electrons. The average molecular weight is 346 g/mol. The number of carbonyl (C=O) groups excluding carboxylic acids is 1. The van der Waals surface area contributed by atoms with Gasteiger partial charge >= 0.3 is 0 Å². The minimum atomic E-state index is -0.276. The van der Waals surface area contributed by atoms with Crippen LogP contribution >= 0.6 is 0 Å². The molecule has 0 unspecified atom stereocenters. The largest absolute Gasteiger partial charge is 0.340 e. The molecule has 2 aromatic rings. The fourth-order valence-electron chi connectivity index (χ4n) is 2.81. The van der Waals surface area contributed by atoms with E-state index in [0.717, 1.165) is 26.2 Å². The molecule has 3 rings (SSSR count). The van der Waals surface area contributed by atoms with E-state index in [1.165, 1.54) is 10.8 Å². The number of hydrogen-bond acceptors (Lipinski definition) is 7. The molecular weight excluding hydrogens is 324 g/mol. The van der Waals surface area contributed by atoms with Crippen molar-refractivity contribution in [3.63, 3.8) is 0 Å². The topological polar surface area (TPSA) is 97.4 Å². The Morgan fingerprint density at radius 3 is 2.60 bits per heavy atom. The molecule has 1 saturated heterocycles. The Bertz CT molecular complexity index is 820. The summed E-state index contributed by atoms with van der Waals surface area (Å²) in [5.41, 5.74) is -0.0272. The first-order valence-corrected chi connectivity index (χ1v) is 8.29. The van der Waals surface area contributed by atoms with E-state index in [1.54, 1.807) is 13.8 Å². The van der Waals surface area contributed by atoms with E-state index in [9.17, 15) is 9.59 Å². The molecule has 1 aliphatic rings. The van der Waals surface area contributed by atoms with Gasteiger partial charge in [0.1, 0.15) is 11.4 Å². The van der Waals surface area contributed by atoms with Gasteiger partial charge in [-0.05, 0) is 20.9 Å². The van der Waals surface area contributed by atoms with E-state index in [0.29, 0.717) is 11.6 Å². The van der Waals surface area contributed by atoms with E-state index in [1.807, 2.05) is 11.9 Å². The van der Waals surface area contributed by atoms with E-state index in [2.05, 4.69) is 20.0 Å². The molecule has 0 aromatic carbocycles. The van der Waals surface area contributed by atoms with Crippen LogP contribution in [0.25, 0.3) is 11.5 Å². The predicted octanol–water partition coefficient (Wildman–Crippen LogP) is 0.0742. The number of piperazine rings is 1. The van der Waals surface area contributed by atoms with Gasteiger partial charge in [0.2, 0.25) is 5.91 Å². The Labute approximate surface area is 145 Å². The lowest BCUT2D eigenvalue weighted by molar-refractivity contribution is -0.133. The summed E-state index contributed by atoms with van der Waals surface area (Å²) in [6, 6.07) is 0. The molecule has 1 amide bonds. The Balaban J connectivity index is 1.74. The second-order valence-corrected chi connectivity index (χ2v) is 6.26. The number of aromatic nitrogens is 4. The molecule has 3 heterocycles. The summed E-state index contributed by atoms with van der Waals surface area (Å²) < 4.78 is 6.55. The number of rotatable bonds is 4. The van der Waals surface area contributed by atoms with Gasteiger partial charge in [-0.2, -0.15) is 4.98 Å². The highest BCUT2D eigenvalue weighted by atomic mass is 16.5. The zero-order valence-corrected chi connectivity index (χ0v) is 14.7. The third-order valence-electron chi connectivity index (χ3n) is 4.41. The summed E-state index contributed by atoms with van der Waals surface area (Å²) in [6.45, 7) is 6.90. The molecule has 9 heteroatoms. The Kier molecular flexibility index (Phi) is 4.93. The van der Waals surface area contributed by atoms with Crippen molar-refractivity contribution >= 4 is 5.91 Å². The molecule has 0 saturated carbocycles. The van der Waals surface area contributed by atoms with E-state index >= 15 is 0 Å². The number of amides is 1. The highest BCUT2D eigenvalue weighted by molar-refractivity contribution is 5.76. The summed E-state index contributed by atoms with van der Waals surface area (Å²) in [4.78, 5) is 37.4. The third-order valence-corrected chi connectivity index (χ3v) is 4.41. The van der Waals surface area contributed by atoms with Gasteiger partial charge in [0.25, 0.3) is 11.4 Å². The zero-order chi connectivity index (χ0) is 18.0. The first kappa shape index (κ1) is 17.3. The van der Waals surface area contributed by atoms with Gasteiger partial charge in [0.15, 0.2) is 5.82 Å². The summed E-state index contributed by atoms with van der Waals surface area (Å²) in [5, 5.41) is 3.70. The van der Waals surface area contributed by atoms with Crippen LogP contribution in [0.3, 0.4) is 0 Å². The molecular formula is C16H22N6O3. The highest BCUT2D eigenvalue weighted by Crippen LogP contribution is 2.12. The molecule has 2 aromatic heterocycles. The van der Waals surface area contributed by atoms with Crippen LogP contribution in [-0.2, 0) is 11.3 Å². The van der Waals surface area contributed by atoms with Gasteiger partial charge in [-0.3, -0.25) is 14.2 Å². The zero-order valence-electron chi connectivity index (χ0n) is 14.7. The fourth-order valence-corrected chi connectivity index (χ4v) is 2.81. The van der Waals surface area contributed by atoms with Gasteiger partial charge in [0, 0.05) is 45.3 Å². The molecule has 9 nitrogen and oxygen atoms in total. The van der Waals surface area contributed by atoms with E-state index < -0.39 is 0 Å².